The Morgan fingerprint density at radius 1 is 1.28 bits per heavy atom. The average molecular weight is 460 g/mol. The van der Waals surface area contributed by atoms with E-state index in [0.29, 0.717) is 5.92 Å². The largest absolute Gasteiger partial charge is 0.355 e. The van der Waals surface area contributed by atoms with Crippen LogP contribution in [0.15, 0.2) is 17.4 Å². The number of halogens is 1. The fraction of sp³-hybridized carbons (Fsp3) is 0.778. The van der Waals surface area contributed by atoms with Crippen LogP contribution < -0.4 is 5.32 Å². The molecule has 0 aliphatic carbocycles. The monoisotopic (exact) mass is 460 g/mol. The van der Waals surface area contributed by atoms with Gasteiger partial charge in [-0.05, 0) is 43.8 Å². The third-order valence-corrected chi connectivity index (χ3v) is 5.48. The summed E-state index contributed by atoms with van der Waals surface area (Å²) >= 11 is 0. The summed E-state index contributed by atoms with van der Waals surface area (Å²) in [6.07, 6.45) is 8.00. The highest BCUT2D eigenvalue weighted by molar-refractivity contribution is 14.0. The lowest BCUT2D eigenvalue weighted by Gasteiger charge is -2.30. The summed E-state index contributed by atoms with van der Waals surface area (Å²) in [5.41, 5.74) is 1.35. The van der Waals surface area contributed by atoms with Crippen LogP contribution >= 0.6 is 24.0 Å². The molecule has 142 valence electrons. The molecule has 1 atom stereocenters. The molecule has 6 nitrogen and oxygen atoms in total. The Kier molecular flexibility index (Phi) is 7.99. The van der Waals surface area contributed by atoms with Crippen molar-refractivity contribution < 1.29 is 0 Å². The first-order valence-corrected chi connectivity index (χ1v) is 9.32. The molecule has 3 rings (SSSR count). The number of aryl methyl sites for hydroxylation is 1. The van der Waals surface area contributed by atoms with Gasteiger partial charge in [-0.25, -0.2) is 0 Å². The standard InChI is InChI=1S/C18H32N6.HI/c1-15-4-8-23(9-5-15)11-7-20-18(19-2)24-10-6-16(14-24)17-12-21-22(3)13-17;/h12-13,15-16H,4-11,14H2,1-3H3,(H,19,20);1H. The summed E-state index contributed by atoms with van der Waals surface area (Å²) in [5, 5.41) is 7.87. The van der Waals surface area contributed by atoms with Crippen molar-refractivity contribution >= 4 is 29.9 Å². The van der Waals surface area contributed by atoms with Crippen molar-refractivity contribution in [2.24, 2.45) is 18.0 Å². The molecule has 2 aliphatic heterocycles. The van der Waals surface area contributed by atoms with Crippen LogP contribution in [-0.4, -0.2) is 71.9 Å². The molecular formula is C18H33IN6. The molecule has 1 unspecified atom stereocenters. The first-order chi connectivity index (χ1) is 11.7. The van der Waals surface area contributed by atoms with E-state index in [9.17, 15) is 0 Å². The third kappa shape index (κ3) is 5.57. The van der Waals surface area contributed by atoms with Gasteiger partial charge in [-0.1, -0.05) is 6.92 Å². The van der Waals surface area contributed by atoms with Gasteiger partial charge in [0.2, 0.25) is 0 Å². The molecule has 0 spiro atoms. The number of aliphatic imine (C=N–C) groups is 1. The van der Waals surface area contributed by atoms with E-state index in [0.717, 1.165) is 38.1 Å². The zero-order chi connectivity index (χ0) is 16.9. The molecule has 7 heteroatoms. The zero-order valence-corrected chi connectivity index (χ0v) is 18.1. The summed E-state index contributed by atoms with van der Waals surface area (Å²) in [6, 6.07) is 0. The van der Waals surface area contributed by atoms with Crippen LogP contribution in [0.2, 0.25) is 0 Å². The minimum Gasteiger partial charge on any atom is -0.355 e. The van der Waals surface area contributed by atoms with Crippen molar-refractivity contribution in [2.45, 2.75) is 32.1 Å². The van der Waals surface area contributed by atoms with E-state index < -0.39 is 0 Å². The van der Waals surface area contributed by atoms with Crippen molar-refractivity contribution in [2.75, 3.05) is 46.3 Å². The number of guanidine groups is 1. The highest BCUT2D eigenvalue weighted by Crippen LogP contribution is 2.26. The number of hydrogen-bond donors (Lipinski definition) is 1. The van der Waals surface area contributed by atoms with E-state index in [4.69, 9.17) is 0 Å². The van der Waals surface area contributed by atoms with Gasteiger partial charge >= 0.3 is 0 Å². The third-order valence-electron chi connectivity index (χ3n) is 5.48. The van der Waals surface area contributed by atoms with Gasteiger partial charge in [0.05, 0.1) is 6.20 Å². The maximum atomic E-state index is 4.49. The van der Waals surface area contributed by atoms with Gasteiger partial charge in [-0.15, -0.1) is 24.0 Å². The topological polar surface area (TPSA) is 48.7 Å². The second-order valence-corrected chi connectivity index (χ2v) is 7.38. The fourth-order valence-electron chi connectivity index (χ4n) is 3.82. The van der Waals surface area contributed by atoms with E-state index in [2.05, 4.69) is 38.3 Å². The Balaban J connectivity index is 0.00000225. The molecule has 0 bridgehead atoms. The molecule has 2 aliphatic rings. The Labute approximate surface area is 169 Å². The van der Waals surface area contributed by atoms with Crippen LogP contribution in [0.25, 0.3) is 0 Å². The van der Waals surface area contributed by atoms with Crippen molar-refractivity contribution in [1.29, 1.82) is 0 Å². The number of piperidine rings is 1. The summed E-state index contributed by atoms with van der Waals surface area (Å²) in [6.45, 7) is 9.06. The number of aromatic nitrogens is 2. The van der Waals surface area contributed by atoms with Crippen LogP contribution in [0.5, 0.6) is 0 Å². The van der Waals surface area contributed by atoms with Gasteiger partial charge in [0, 0.05) is 52.4 Å². The predicted molar refractivity (Wildman–Crippen MR) is 114 cm³/mol. The molecule has 0 saturated carbocycles. The minimum absolute atomic E-state index is 0. The Hall–Kier alpha value is -0.830. The second kappa shape index (κ2) is 9.75. The lowest BCUT2D eigenvalue weighted by atomic mass is 9.99. The number of hydrogen-bond acceptors (Lipinski definition) is 3. The van der Waals surface area contributed by atoms with E-state index >= 15 is 0 Å². The highest BCUT2D eigenvalue weighted by atomic mass is 127. The van der Waals surface area contributed by atoms with E-state index in [-0.39, 0.29) is 24.0 Å². The minimum atomic E-state index is 0. The van der Waals surface area contributed by atoms with Gasteiger partial charge < -0.3 is 15.1 Å². The van der Waals surface area contributed by atoms with Gasteiger partial charge in [0.1, 0.15) is 0 Å². The Morgan fingerprint density at radius 2 is 2.04 bits per heavy atom. The Bertz CT molecular complexity index is 550. The normalized spacial score (nSPS) is 22.9. The molecule has 0 amide bonds. The van der Waals surface area contributed by atoms with Gasteiger partial charge in [0.15, 0.2) is 5.96 Å². The molecule has 1 aromatic heterocycles. The van der Waals surface area contributed by atoms with Crippen LogP contribution in [0.1, 0.15) is 37.7 Å². The van der Waals surface area contributed by atoms with Gasteiger partial charge in [-0.2, -0.15) is 5.10 Å². The van der Waals surface area contributed by atoms with Crippen LogP contribution in [0, 0.1) is 5.92 Å². The average Bonchev–Trinajstić information content (AvgIpc) is 3.22. The number of rotatable bonds is 4. The summed E-state index contributed by atoms with van der Waals surface area (Å²) in [5.74, 6) is 2.52. The Morgan fingerprint density at radius 3 is 2.68 bits per heavy atom. The zero-order valence-electron chi connectivity index (χ0n) is 15.8. The maximum absolute atomic E-state index is 4.49. The predicted octanol–water partition coefficient (Wildman–Crippen LogP) is 2.13. The maximum Gasteiger partial charge on any atom is 0.193 e. The number of nitrogens with zero attached hydrogens (tertiary/aromatic N) is 5. The summed E-state index contributed by atoms with van der Waals surface area (Å²) in [7, 11) is 3.88. The van der Waals surface area contributed by atoms with Gasteiger partial charge in [0.25, 0.3) is 0 Å². The SMILES string of the molecule is CN=C(NCCN1CCC(C)CC1)N1CCC(c2cnn(C)c2)C1.I. The summed E-state index contributed by atoms with van der Waals surface area (Å²) < 4.78 is 1.89. The highest BCUT2D eigenvalue weighted by Gasteiger charge is 2.26. The first-order valence-electron chi connectivity index (χ1n) is 9.32. The molecule has 2 saturated heterocycles. The van der Waals surface area contributed by atoms with E-state index in [1.807, 2.05) is 25.0 Å². The smallest absolute Gasteiger partial charge is 0.193 e. The molecule has 3 heterocycles. The first kappa shape index (κ1) is 20.5. The second-order valence-electron chi connectivity index (χ2n) is 7.38. The van der Waals surface area contributed by atoms with Crippen molar-refractivity contribution in [1.82, 2.24) is 24.9 Å². The fourth-order valence-corrected chi connectivity index (χ4v) is 3.82. The molecule has 25 heavy (non-hydrogen) atoms. The van der Waals surface area contributed by atoms with Crippen LogP contribution in [0.4, 0.5) is 0 Å². The molecule has 1 N–H and O–H groups in total. The lowest BCUT2D eigenvalue weighted by molar-refractivity contribution is 0.195. The molecule has 0 aromatic carbocycles. The van der Waals surface area contributed by atoms with Gasteiger partial charge in [-0.3, -0.25) is 9.67 Å². The van der Waals surface area contributed by atoms with E-state index in [1.165, 1.54) is 37.9 Å². The van der Waals surface area contributed by atoms with Crippen molar-refractivity contribution in [3.63, 3.8) is 0 Å². The number of nitrogens with one attached hydrogen (secondary N) is 1. The number of likely N-dealkylation sites (tertiary alicyclic amines) is 2. The van der Waals surface area contributed by atoms with Crippen molar-refractivity contribution in [3.8, 4) is 0 Å². The lowest BCUT2D eigenvalue weighted by Crippen LogP contribution is -2.44. The molecule has 0 radical (unpaired) electrons. The van der Waals surface area contributed by atoms with E-state index in [1.54, 1.807) is 0 Å². The van der Waals surface area contributed by atoms with Crippen LogP contribution in [-0.2, 0) is 7.05 Å². The summed E-state index contributed by atoms with van der Waals surface area (Å²) in [4.78, 5) is 9.45. The van der Waals surface area contributed by atoms with Crippen molar-refractivity contribution in [3.05, 3.63) is 18.0 Å². The molecule has 2 fully saturated rings. The quantitative estimate of drug-likeness (QED) is 0.425. The molecule has 1 aromatic rings. The molecular weight excluding hydrogens is 427 g/mol. The van der Waals surface area contributed by atoms with Crippen LogP contribution in [0.3, 0.4) is 0 Å².